The van der Waals surface area contributed by atoms with Crippen molar-refractivity contribution in [3.63, 3.8) is 0 Å². The van der Waals surface area contributed by atoms with Crippen LogP contribution in [0.4, 0.5) is 0 Å². The number of rotatable bonds is 4. The van der Waals surface area contributed by atoms with Crippen LogP contribution in [0.15, 0.2) is 24.3 Å². The molecule has 1 N–H and O–H groups in total. The molecule has 1 atom stereocenters. The Morgan fingerprint density at radius 3 is 2.84 bits per heavy atom. The third-order valence-corrected chi connectivity index (χ3v) is 3.68. The number of carbonyl (C=O) groups excluding carboxylic acids is 1. The molecule has 1 aliphatic rings. The average Bonchev–Trinajstić information content (AvgIpc) is 2.92. The molecule has 2 rings (SSSR count). The lowest BCUT2D eigenvalue weighted by atomic mass is 10.1. The fourth-order valence-corrected chi connectivity index (χ4v) is 2.55. The Balaban J connectivity index is 1.88. The van der Waals surface area contributed by atoms with Crippen molar-refractivity contribution in [3.8, 4) is 6.07 Å². The molecule has 1 aromatic rings. The highest BCUT2D eigenvalue weighted by Gasteiger charge is 2.23. The number of hydrogen-bond acceptors (Lipinski definition) is 3. The second-order valence-electron chi connectivity index (χ2n) is 4.82. The molecule has 0 radical (unpaired) electrons. The van der Waals surface area contributed by atoms with Gasteiger partial charge in [0, 0.05) is 18.2 Å². The predicted molar refractivity (Wildman–Crippen MR) is 73.8 cm³/mol. The fraction of sp³-hybridized carbons (Fsp3) is 0.467. The number of hydrogen-bond donors (Lipinski definition) is 1. The standard InChI is InChI=1S/C15H19N3O/c1-2-18-9-3-4-14(18)11-17-15(19)13-7-5-12(10-16)6-8-13/h5-8,14H,2-4,9,11H2,1H3,(H,17,19)/t14-/m0/s1. The van der Waals surface area contributed by atoms with E-state index in [2.05, 4.69) is 17.1 Å². The summed E-state index contributed by atoms with van der Waals surface area (Å²) in [4.78, 5) is 14.4. The fourth-order valence-electron chi connectivity index (χ4n) is 2.55. The van der Waals surface area contributed by atoms with Crippen LogP contribution in [0.3, 0.4) is 0 Å². The summed E-state index contributed by atoms with van der Waals surface area (Å²) in [5.41, 5.74) is 1.18. The molecule has 0 bridgehead atoms. The van der Waals surface area contributed by atoms with E-state index in [1.807, 2.05) is 6.07 Å². The molecule has 1 fully saturated rings. The lowest BCUT2D eigenvalue weighted by Crippen LogP contribution is -2.40. The minimum atomic E-state index is -0.0626. The van der Waals surface area contributed by atoms with E-state index < -0.39 is 0 Å². The Morgan fingerprint density at radius 2 is 2.21 bits per heavy atom. The van der Waals surface area contributed by atoms with Gasteiger partial charge in [0.1, 0.15) is 0 Å². The number of nitrogens with zero attached hydrogens (tertiary/aromatic N) is 2. The van der Waals surface area contributed by atoms with Crippen LogP contribution in [0.5, 0.6) is 0 Å². The zero-order valence-electron chi connectivity index (χ0n) is 11.2. The summed E-state index contributed by atoms with van der Waals surface area (Å²) in [6.45, 7) is 5.03. The van der Waals surface area contributed by atoms with Gasteiger partial charge in [-0.3, -0.25) is 9.69 Å². The summed E-state index contributed by atoms with van der Waals surface area (Å²) in [6, 6.07) is 9.24. The minimum Gasteiger partial charge on any atom is -0.350 e. The monoisotopic (exact) mass is 257 g/mol. The zero-order chi connectivity index (χ0) is 13.7. The molecule has 1 amide bonds. The summed E-state index contributed by atoms with van der Waals surface area (Å²) in [6.07, 6.45) is 2.37. The Bertz CT molecular complexity index is 475. The first-order valence-corrected chi connectivity index (χ1v) is 6.77. The summed E-state index contributed by atoms with van der Waals surface area (Å²) in [5.74, 6) is -0.0626. The Labute approximate surface area is 114 Å². The van der Waals surface area contributed by atoms with E-state index in [0.717, 1.165) is 19.5 Å². The molecular weight excluding hydrogens is 238 g/mol. The quantitative estimate of drug-likeness (QED) is 0.894. The van der Waals surface area contributed by atoms with E-state index in [4.69, 9.17) is 5.26 Å². The van der Waals surface area contributed by atoms with Gasteiger partial charge in [-0.05, 0) is 50.2 Å². The van der Waals surface area contributed by atoms with E-state index in [9.17, 15) is 4.79 Å². The number of benzene rings is 1. The molecule has 4 nitrogen and oxygen atoms in total. The van der Waals surface area contributed by atoms with Crippen LogP contribution < -0.4 is 5.32 Å². The van der Waals surface area contributed by atoms with Crippen LogP contribution in [0.25, 0.3) is 0 Å². The Kier molecular flexibility index (Phi) is 4.53. The van der Waals surface area contributed by atoms with Crippen LogP contribution in [0.2, 0.25) is 0 Å². The molecule has 4 heteroatoms. The van der Waals surface area contributed by atoms with E-state index in [1.165, 1.54) is 6.42 Å². The normalized spacial score (nSPS) is 19.1. The van der Waals surface area contributed by atoms with Crippen LogP contribution in [-0.4, -0.2) is 36.5 Å². The maximum atomic E-state index is 12.0. The van der Waals surface area contributed by atoms with Crippen molar-refractivity contribution in [1.82, 2.24) is 10.2 Å². The number of nitriles is 1. The predicted octanol–water partition coefficient (Wildman–Crippen LogP) is 1.77. The van der Waals surface area contributed by atoms with Gasteiger partial charge in [0.05, 0.1) is 11.6 Å². The molecule has 19 heavy (non-hydrogen) atoms. The summed E-state index contributed by atoms with van der Waals surface area (Å²) in [5, 5.41) is 11.7. The summed E-state index contributed by atoms with van der Waals surface area (Å²) < 4.78 is 0. The second kappa shape index (κ2) is 6.35. The van der Waals surface area contributed by atoms with Gasteiger partial charge in [-0.15, -0.1) is 0 Å². The van der Waals surface area contributed by atoms with Crippen molar-refractivity contribution in [2.24, 2.45) is 0 Å². The van der Waals surface area contributed by atoms with E-state index in [-0.39, 0.29) is 5.91 Å². The smallest absolute Gasteiger partial charge is 0.251 e. The molecular formula is C15H19N3O. The molecule has 0 aromatic heterocycles. The third-order valence-electron chi connectivity index (χ3n) is 3.68. The number of nitrogens with one attached hydrogen (secondary N) is 1. The van der Waals surface area contributed by atoms with Gasteiger partial charge in [-0.1, -0.05) is 6.92 Å². The molecule has 0 aliphatic carbocycles. The second-order valence-corrected chi connectivity index (χ2v) is 4.82. The molecule has 1 aliphatic heterocycles. The zero-order valence-corrected chi connectivity index (χ0v) is 11.2. The third kappa shape index (κ3) is 3.33. The van der Waals surface area contributed by atoms with Crippen molar-refractivity contribution >= 4 is 5.91 Å². The van der Waals surface area contributed by atoms with Gasteiger partial charge in [-0.2, -0.15) is 5.26 Å². The highest BCUT2D eigenvalue weighted by atomic mass is 16.1. The number of carbonyl (C=O) groups is 1. The SMILES string of the molecule is CCN1CCC[C@H]1CNC(=O)c1ccc(C#N)cc1. The molecule has 100 valence electrons. The number of likely N-dealkylation sites (N-methyl/N-ethyl adjacent to an activating group) is 1. The molecule has 1 aromatic carbocycles. The lowest BCUT2D eigenvalue weighted by molar-refractivity contribution is 0.0941. The summed E-state index contributed by atoms with van der Waals surface area (Å²) in [7, 11) is 0. The minimum absolute atomic E-state index is 0.0626. The number of likely N-dealkylation sites (tertiary alicyclic amines) is 1. The highest BCUT2D eigenvalue weighted by Crippen LogP contribution is 2.15. The highest BCUT2D eigenvalue weighted by molar-refractivity contribution is 5.94. The van der Waals surface area contributed by atoms with Gasteiger partial charge in [-0.25, -0.2) is 0 Å². The van der Waals surface area contributed by atoms with Crippen LogP contribution >= 0.6 is 0 Å². The van der Waals surface area contributed by atoms with Crippen molar-refractivity contribution < 1.29 is 4.79 Å². The van der Waals surface area contributed by atoms with Crippen molar-refractivity contribution in [1.29, 1.82) is 5.26 Å². The molecule has 0 saturated carbocycles. The molecule has 0 spiro atoms. The summed E-state index contributed by atoms with van der Waals surface area (Å²) >= 11 is 0. The Hall–Kier alpha value is -1.86. The van der Waals surface area contributed by atoms with Crippen molar-refractivity contribution in [3.05, 3.63) is 35.4 Å². The average molecular weight is 257 g/mol. The largest absolute Gasteiger partial charge is 0.350 e. The molecule has 0 unspecified atom stereocenters. The first kappa shape index (κ1) is 13.6. The van der Waals surface area contributed by atoms with E-state index in [1.54, 1.807) is 24.3 Å². The van der Waals surface area contributed by atoms with E-state index >= 15 is 0 Å². The maximum Gasteiger partial charge on any atom is 0.251 e. The van der Waals surface area contributed by atoms with Gasteiger partial charge in [0.2, 0.25) is 0 Å². The van der Waals surface area contributed by atoms with Crippen molar-refractivity contribution in [2.45, 2.75) is 25.8 Å². The van der Waals surface area contributed by atoms with Gasteiger partial charge < -0.3 is 5.32 Å². The molecule has 1 heterocycles. The topological polar surface area (TPSA) is 56.1 Å². The van der Waals surface area contributed by atoms with Crippen LogP contribution in [0.1, 0.15) is 35.7 Å². The Morgan fingerprint density at radius 1 is 1.47 bits per heavy atom. The molecule has 1 saturated heterocycles. The van der Waals surface area contributed by atoms with Crippen LogP contribution in [-0.2, 0) is 0 Å². The van der Waals surface area contributed by atoms with Gasteiger partial charge in [0.15, 0.2) is 0 Å². The first-order valence-electron chi connectivity index (χ1n) is 6.77. The number of amides is 1. The first-order chi connectivity index (χ1) is 9.24. The van der Waals surface area contributed by atoms with Gasteiger partial charge >= 0.3 is 0 Å². The van der Waals surface area contributed by atoms with Crippen molar-refractivity contribution in [2.75, 3.05) is 19.6 Å². The van der Waals surface area contributed by atoms with Crippen LogP contribution in [0, 0.1) is 11.3 Å². The van der Waals surface area contributed by atoms with E-state index in [0.29, 0.717) is 23.7 Å². The maximum absolute atomic E-state index is 12.0. The van der Waals surface area contributed by atoms with Gasteiger partial charge in [0.25, 0.3) is 5.91 Å². The lowest BCUT2D eigenvalue weighted by Gasteiger charge is -2.22.